The number of nitrogens with two attached hydrogens (primary N) is 1. The van der Waals surface area contributed by atoms with E-state index in [9.17, 15) is 22.0 Å². The van der Waals surface area contributed by atoms with Crippen molar-refractivity contribution in [2.45, 2.75) is 11.3 Å². The zero-order valence-electron chi connectivity index (χ0n) is 7.00. The summed E-state index contributed by atoms with van der Waals surface area (Å²) in [7, 11) is -4.29. The maximum absolute atomic E-state index is 12.4. The third kappa shape index (κ3) is 2.72. The van der Waals surface area contributed by atoms with Crippen LogP contribution >= 0.6 is 22.6 Å². The monoisotopic (exact) mass is 350 g/mol. The van der Waals surface area contributed by atoms with Crippen molar-refractivity contribution < 1.29 is 17.2 Å². The molecule has 0 fully saturated rings. The van der Waals surface area contributed by atoms with Crippen molar-refractivity contribution in [2.75, 3.05) is 0 Å². The first-order valence-electron chi connectivity index (χ1n) is 3.47. The number of rotatable bonds is 2. The minimum absolute atomic E-state index is 0.111. The number of alkyl halides is 2. The number of pyridine rings is 1. The minimum Gasteiger partial charge on any atom is -0.316 e. The van der Waals surface area contributed by atoms with Gasteiger partial charge in [0.05, 0.1) is 3.70 Å². The number of nitrogens with one attached hydrogen (secondary N) is 1. The zero-order valence-corrected chi connectivity index (χ0v) is 9.97. The zero-order chi connectivity index (χ0) is 11.8. The van der Waals surface area contributed by atoms with E-state index in [2.05, 4.69) is 5.14 Å². The Morgan fingerprint density at radius 2 is 2.00 bits per heavy atom. The van der Waals surface area contributed by atoms with Crippen molar-refractivity contribution in [3.05, 3.63) is 25.7 Å². The molecule has 0 saturated carbocycles. The maximum Gasteiger partial charge on any atom is 0.268 e. The molecular weight excluding hydrogens is 345 g/mol. The largest absolute Gasteiger partial charge is 0.316 e. The van der Waals surface area contributed by atoms with E-state index in [0.717, 1.165) is 0 Å². The van der Waals surface area contributed by atoms with Crippen LogP contribution in [0.1, 0.15) is 12.0 Å². The summed E-state index contributed by atoms with van der Waals surface area (Å²) in [6.45, 7) is 0. The number of primary sulfonamides is 1. The molecule has 9 heteroatoms. The number of hydrogen-bond donors (Lipinski definition) is 2. The molecule has 1 aromatic heterocycles. The van der Waals surface area contributed by atoms with Crippen LogP contribution in [0, 0.1) is 3.70 Å². The quantitative estimate of drug-likeness (QED) is 0.603. The Morgan fingerprint density at radius 1 is 1.47 bits per heavy atom. The van der Waals surface area contributed by atoms with Crippen LogP contribution in [0.5, 0.6) is 0 Å². The van der Waals surface area contributed by atoms with Crippen molar-refractivity contribution >= 4 is 32.6 Å². The maximum atomic E-state index is 12.4. The summed E-state index contributed by atoms with van der Waals surface area (Å²) in [6, 6.07) is 0.584. The van der Waals surface area contributed by atoms with Crippen molar-refractivity contribution in [1.82, 2.24) is 4.98 Å². The van der Waals surface area contributed by atoms with Gasteiger partial charge in [0.1, 0.15) is 4.90 Å². The molecule has 1 aromatic rings. The first-order valence-corrected chi connectivity index (χ1v) is 6.09. The molecule has 0 spiro atoms. The Bertz CT molecular complexity index is 540. The Morgan fingerprint density at radius 3 is 2.40 bits per heavy atom. The highest BCUT2D eigenvalue weighted by atomic mass is 127. The molecule has 5 nitrogen and oxygen atoms in total. The van der Waals surface area contributed by atoms with Gasteiger partial charge in [-0.05, 0) is 28.7 Å². The van der Waals surface area contributed by atoms with Gasteiger partial charge in [0.15, 0.2) is 0 Å². The average Bonchev–Trinajstić information content (AvgIpc) is 2.00. The van der Waals surface area contributed by atoms with Crippen LogP contribution in [0.3, 0.4) is 0 Å². The van der Waals surface area contributed by atoms with Gasteiger partial charge in [-0.3, -0.25) is 4.79 Å². The highest BCUT2D eigenvalue weighted by Gasteiger charge is 2.20. The molecule has 0 bridgehead atoms. The van der Waals surface area contributed by atoms with Crippen molar-refractivity contribution in [3.8, 4) is 0 Å². The van der Waals surface area contributed by atoms with Crippen LogP contribution in [0.15, 0.2) is 15.8 Å². The lowest BCUT2D eigenvalue weighted by atomic mass is 10.3. The van der Waals surface area contributed by atoms with Gasteiger partial charge in [-0.1, -0.05) is 0 Å². The topological polar surface area (TPSA) is 93.0 Å². The van der Waals surface area contributed by atoms with Gasteiger partial charge in [0.25, 0.3) is 12.0 Å². The van der Waals surface area contributed by atoms with Crippen LogP contribution in [0.25, 0.3) is 0 Å². The minimum atomic E-state index is -4.29. The van der Waals surface area contributed by atoms with Gasteiger partial charge < -0.3 is 4.98 Å². The molecule has 0 radical (unpaired) electrons. The number of aromatic amines is 1. The summed E-state index contributed by atoms with van der Waals surface area (Å²) < 4.78 is 46.3. The standard InChI is InChI=1S/C6H5F2IN2O3S/c7-4(8)2-1-3(15(10,13)14)6(12)11-5(2)9/h1,4H,(H,11,12)(H2,10,13,14). The van der Waals surface area contributed by atoms with Gasteiger partial charge >= 0.3 is 0 Å². The van der Waals surface area contributed by atoms with Gasteiger partial charge in [-0.15, -0.1) is 0 Å². The van der Waals surface area contributed by atoms with E-state index in [1.165, 1.54) is 22.6 Å². The van der Waals surface area contributed by atoms with Crippen molar-refractivity contribution in [2.24, 2.45) is 5.14 Å². The molecule has 3 N–H and O–H groups in total. The molecule has 0 saturated heterocycles. The molecule has 84 valence electrons. The van der Waals surface area contributed by atoms with E-state index >= 15 is 0 Å². The highest BCUT2D eigenvalue weighted by Crippen LogP contribution is 2.23. The third-order valence-corrected chi connectivity index (χ3v) is 3.34. The van der Waals surface area contributed by atoms with Gasteiger partial charge in [-0.25, -0.2) is 22.3 Å². The van der Waals surface area contributed by atoms with Crippen molar-refractivity contribution in [1.29, 1.82) is 0 Å². The fourth-order valence-corrected chi connectivity index (χ4v) is 2.11. The van der Waals surface area contributed by atoms with Crippen LogP contribution in [-0.4, -0.2) is 13.4 Å². The van der Waals surface area contributed by atoms with Crippen LogP contribution in [0.2, 0.25) is 0 Å². The SMILES string of the molecule is NS(=O)(=O)c1cc(C(F)F)c(I)[nH]c1=O. The number of sulfonamides is 1. The first-order chi connectivity index (χ1) is 6.73. The van der Waals surface area contributed by atoms with Crippen LogP contribution < -0.4 is 10.7 Å². The fraction of sp³-hybridized carbons (Fsp3) is 0.167. The molecule has 0 amide bonds. The highest BCUT2D eigenvalue weighted by molar-refractivity contribution is 14.1. The summed E-state index contributed by atoms with van der Waals surface area (Å²) in [5.74, 6) is 0. The summed E-state index contributed by atoms with van der Waals surface area (Å²) in [5, 5.41) is 4.68. The Hall–Kier alpha value is -0.550. The fourth-order valence-electron chi connectivity index (χ4n) is 0.874. The summed E-state index contributed by atoms with van der Waals surface area (Å²) in [5.41, 5.74) is -1.58. The second kappa shape index (κ2) is 4.14. The second-order valence-corrected chi connectivity index (χ2v) is 5.19. The van der Waals surface area contributed by atoms with Crippen molar-refractivity contribution in [3.63, 3.8) is 0 Å². The third-order valence-electron chi connectivity index (χ3n) is 1.53. The van der Waals surface area contributed by atoms with E-state index < -0.39 is 32.5 Å². The molecule has 0 aliphatic carbocycles. The molecule has 1 heterocycles. The molecule has 15 heavy (non-hydrogen) atoms. The Labute approximate surface area is 96.9 Å². The van der Waals surface area contributed by atoms with Gasteiger partial charge in [-0.2, -0.15) is 0 Å². The van der Waals surface area contributed by atoms with Crippen LogP contribution in [-0.2, 0) is 10.0 Å². The predicted octanol–water partition coefficient (Wildman–Crippen LogP) is 0.565. The summed E-state index contributed by atoms with van der Waals surface area (Å²) >= 11 is 1.47. The van der Waals surface area contributed by atoms with Crippen LogP contribution in [0.4, 0.5) is 8.78 Å². The average molecular weight is 350 g/mol. The Balaban J connectivity index is 3.58. The molecule has 0 aromatic carbocycles. The van der Waals surface area contributed by atoms with E-state index in [1.54, 1.807) is 0 Å². The first kappa shape index (κ1) is 12.5. The lowest BCUT2D eigenvalue weighted by Gasteiger charge is -2.04. The normalized spacial score (nSPS) is 12.1. The lowest BCUT2D eigenvalue weighted by molar-refractivity contribution is 0.149. The molecule has 0 atom stereocenters. The lowest BCUT2D eigenvalue weighted by Crippen LogP contribution is -2.24. The number of hydrogen-bond acceptors (Lipinski definition) is 3. The molecule has 0 aliphatic heterocycles. The predicted molar refractivity (Wildman–Crippen MR) is 56.1 cm³/mol. The Kier molecular flexibility index (Phi) is 3.45. The van der Waals surface area contributed by atoms with E-state index in [1.807, 2.05) is 4.98 Å². The van der Waals surface area contributed by atoms with E-state index in [-0.39, 0.29) is 3.70 Å². The van der Waals surface area contributed by atoms with E-state index in [4.69, 9.17) is 0 Å². The molecular formula is C6H5F2IN2O3S. The van der Waals surface area contributed by atoms with Gasteiger partial charge in [0, 0.05) is 5.56 Å². The molecule has 0 unspecified atom stereocenters. The number of halogens is 3. The van der Waals surface area contributed by atoms with Gasteiger partial charge in [0.2, 0.25) is 10.0 Å². The molecule has 0 aliphatic rings. The number of aromatic nitrogens is 1. The molecule has 1 rings (SSSR count). The smallest absolute Gasteiger partial charge is 0.268 e. The second-order valence-electron chi connectivity index (χ2n) is 2.58. The summed E-state index contributed by atoms with van der Waals surface area (Å²) in [6.07, 6.45) is -2.88. The summed E-state index contributed by atoms with van der Waals surface area (Å²) in [4.78, 5) is 12.2. The van der Waals surface area contributed by atoms with E-state index in [0.29, 0.717) is 6.07 Å². The number of H-pyrrole nitrogens is 1.